The maximum atomic E-state index is 3.78. The van der Waals surface area contributed by atoms with Gasteiger partial charge in [-0.2, -0.15) is 0 Å². The molecule has 12 heavy (non-hydrogen) atoms. The van der Waals surface area contributed by atoms with E-state index in [1.54, 1.807) is 12.5 Å². The van der Waals surface area contributed by atoms with Crippen LogP contribution in [0.1, 0.15) is 39.5 Å². The lowest BCUT2D eigenvalue weighted by molar-refractivity contribution is 0.702. The Morgan fingerprint density at radius 1 is 1.17 bits per heavy atom. The summed E-state index contributed by atoms with van der Waals surface area (Å²) in [7, 11) is 1.94. The van der Waals surface area contributed by atoms with Gasteiger partial charge < -0.3 is 4.57 Å². The Morgan fingerprint density at radius 3 is 1.92 bits per heavy atom. The molecule has 0 aliphatic rings. The van der Waals surface area contributed by atoms with Gasteiger partial charge in [-0.25, -0.2) is 4.98 Å². The number of aromatic nitrogens is 2. The Bertz CT molecular complexity index is 152. The topological polar surface area (TPSA) is 17.8 Å². The first-order valence-corrected chi connectivity index (χ1v) is 4.73. The average molecular weight is 168 g/mol. The van der Waals surface area contributed by atoms with Crippen molar-refractivity contribution in [3.05, 3.63) is 18.7 Å². The summed E-state index contributed by atoms with van der Waals surface area (Å²) in [5.74, 6) is 0. The fourth-order valence-corrected chi connectivity index (χ4v) is 0.826. The molecule has 1 aromatic heterocycles. The van der Waals surface area contributed by atoms with Crippen molar-refractivity contribution in [2.45, 2.75) is 39.5 Å². The zero-order valence-corrected chi connectivity index (χ0v) is 8.45. The van der Waals surface area contributed by atoms with Gasteiger partial charge in [-0.1, -0.05) is 39.5 Å². The molecule has 0 N–H and O–H groups in total. The number of imidazole rings is 1. The van der Waals surface area contributed by atoms with Gasteiger partial charge in [0.15, 0.2) is 0 Å². The number of hydrogen-bond donors (Lipinski definition) is 0. The molecule has 70 valence electrons. The minimum Gasteiger partial charge on any atom is -0.341 e. The highest BCUT2D eigenvalue weighted by atomic mass is 15.0. The quantitative estimate of drug-likeness (QED) is 0.634. The Morgan fingerprint density at radius 2 is 1.75 bits per heavy atom. The number of rotatable bonds is 3. The van der Waals surface area contributed by atoms with Crippen molar-refractivity contribution in [3.8, 4) is 0 Å². The molecule has 1 heterocycles. The lowest BCUT2D eigenvalue weighted by Crippen LogP contribution is -1.76. The van der Waals surface area contributed by atoms with Gasteiger partial charge in [0, 0.05) is 19.4 Å². The summed E-state index contributed by atoms with van der Waals surface area (Å²) in [6.45, 7) is 4.46. The minimum atomic E-state index is 1.36. The molecular formula is C10H20N2. The third kappa shape index (κ3) is 7.32. The van der Waals surface area contributed by atoms with E-state index in [9.17, 15) is 0 Å². The van der Waals surface area contributed by atoms with Gasteiger partial charge in [0.2, 0.25) is 0 Å². The van der Waals surface area contributed by atoms with Gasteiger partial charge in [0.1, 0.15) is 0 Å². The fraction of sp³-hybridized carbons (Fsp3) is 0.700. The molecule has 0 amide bonds. The van der Waals surface area contributed by atoms with Gasteiger partial charge in [-0.3, -0.25) is 0 Å². The Balaban J connectivity index is 0.000000202. The number of nitrogens with zero attached hydrogens (tertiary/aromatic N) is 2. The van der Waals surface area contributed by atoms with E-state index < -0.39 is 0 Å². The first kappa shape index (κ1) is 11.2. The van der Waals surface area contributed by atoms with Crippen molar-refractivity contribution in [2.75, 3.05) is 0 Å². The zero-order valence-electron chi connectivity index (χ0n) is 8.45. The van der Waals surface area contributed by atoms with E-state index in [1.807, 2.05) is 17.8 Å². The molecule has 2 nitrogen and oxygen atoms in total. The van der Waals surface area contributed by atoms with E-state index >= 15 is 0 Å². The van der Waals surface area contributed by atoms with Crippen LogP contribution in [-0.2, 0) is 7.05 Å². The molecule has 0 saturated heterocycles. The van der Waals surface area contributed by atoms with Crippen LogP contribution in [0.3, 0.4) is 0 Å². The molecule has 2 heteroatoms. The number of unbranched alkanes of at least 4 members (excludes halogenated alkanes) is 3. The normalized spacial score (nSPS) is 8.92. The van der Waals surface area contributed by atoms with Gasteiger partial charge in [0.25, 0.3) is 0 Å². The average Bonchev–Trinajstić information content (AvgIpc) is 2.53. The van der Waals surface area contributed by atoms with Crippen LogP contribution in [0.2, 0.25) is 0 Å². The Labute approximate surface area is 75.6 Å². The fourth-order valence-electron chi connectivity index (χ4n) is 0.826. The van der Waals surface area contributed by atoms with Crippen molar-refractivity contribution in [1.29, 1.82) is 0 Å². The highest BCUT2D eigenvalue weighted by molar-refractivity contribution is 4.70. The molecule has 0 spiro atoms. The predicted octanol–water partition coefficient (Wildman–Crippen LogP) is 3.01. The molecule has 0 bridgehead atoms. The minimum absolute atomic E-state index is 1.36. The molecule has 1 aromatic rings. The summed E-state index contributed by atoms with van der Waals surface area (Å²) in [5, 5.41) is 0. The van der Waals surface area contributed by atoms with Crippen molar-refractivity contribution < 1.29 is 0 Å². The SMILES string of the molecule is CCCCCC.Cn1ccnc1. The maximum Gasteiger partial charge on any atom is 0.0943 e. The number of hydrogen-bond acceptors (Lipinski definition) is 1. The first-order valence-electron chi connectivity index (χ1n) is 4.73. The summed E-state index contributed by atoms with van der Waals surface area (Å²) in [4.78, 5) is 3.78. The molecule has 0 aliphatic carbocycles. The predicted molar refractivity (Wildman–Crippen MR) is 53.0 cm³/mol. The molecule has 0 atom stereocenters. The summed E-state index contributed by atoms with van der Waals surface area (Å²) in [6.07, 6.45) is 10.9. The molecule has 0 fully saturated rings. The van der Waals surface area contributed by atoms with Gasteiger partial charge in [-0.15, -0.1) is 0 Å². The molecule has 0 aliphatic heterocycles. The van der Waals surface area contributed by atoms with E-state index in [4.69, 9.17) is 0 Å². The highest BCUT2D eigenvalue weighted by Gasteiger charge is 1.75. The van der Waals surface area contributed by atoms with Crippen LogP contribution in [0.15, 0.2) is 18.7 Å². The lowest BCUT2D eigenvalue weighted by Gasteiger charge is -1.86. The van der Waals surface area contributed by atoms with Crippen molar-refractivity contribution in [2.24, 2.45) is 7.05 Å². The molecular weight excluding hydrogens is 148 g/mol. The van der Waals surface area contributed by atoms with Crippen LogP contribution in [0, 0.1) is 0 Å². The molecule has 0 aromatic carbocycles. The van der Waals surface area contributed by atoms with Crippen LogP contribution >= 0.6 is 0 Å². The summed E-state index contributed by atoms with van der Waals surface area (Å²) in [5.41, 5.74) is 0. The van der Waals surface area contributed by atoms with E-state index in [1.165, 1.54) is 25.7 Å². The second kappa shape index (κ2) is 8.31. The third-order valence-electron chi connectivity index (χ3n) is 1.59. The van der Waals surface area contributed by atoms with Crippen LogP contribution in [0.25, 0.3) is 0 Å². The van der Waals surface area contributed by atoms with E-state index in [0.29, 0.717) is 0 Å². The van der Waals surface area contributed by atoms with Gasteiger partial charge >= 0.3 is 0 Å². The van der Waals surface area contributed by atoms with Crippen molar-refractivity contribution in [1.82, 2.24) is 9.55 Å². The Kier molecular flexibility index (Phi) is 7.76. The largest absolute Gasteiger partial charge is 0.341 e. The molecule has 1 rings (SSSR count). The van der Waals surface area contributed by atoms with E-state index in [-0.39, 0.29) is 0 Å². The first-order chi connectivity index (χ1) is 5.81. The summed E-state index contributed by atoms with van der Waals surface area (Å²) >= 11 is 0. The summed E-state index contributed by atoms with van der Waals surface area (Å²) in [6, 6.07) is 0. The Hall–Kier alpha value is -0.790. The van der Waals surface area contributed by atoms with Crippen molar-refractivity contribution >= 4 is 0 Å². The zero-order chi connectivity index (χ0) is 9.23. The molecule has 0 saturated carbocycles. The van der Waals surface area contributed by atoms with Crippen LogP contribution in [0.4, 0.5) is 0 Å². The molecule has 0 radical (unpaired) electrons. The second-order valence-electron chi connectivity index (χ2n) is 2.94. The maximum absolute atomic E-state index is 3.78. The van der Waals surface area contributed by atoms with Crippen LogP contribution in [-0.4, -0.2) is 9.55 Å². The standard InChI is InChI=1S/C6H14.C4H6N2/c1-3-5-6-4-2;1-6-3-2-5-4-6/h3-6H2,1-2H3;2-4H,1H3. The lowest BCUT2D eigenvalue weighted by atomic mass is 10.2. The summed E-state index contributed by atoms with van der Waals surface area (Å²) < 4.78 is 1.89. The second-order valence-corrected chi connectivity index (χ2v) is 2.94. The highest BCUT2D eigenvalue weighted by Crippen LogP contribution is 1.95. The van der Waals surface area contributed by atoms with Gasteiger partial charge in [0.05, 0.1) is 6.33 Å². The third-order valence-corrected chi connectivity index (χ3v) is 1.59. The van der Waals surface area contributed by atoms with Crippen LogP contribution < -0.4 is 0 Å². The van der Waals surface area contributed by atoms with Gasteiger partial charge in [-0.05, 0) is 0 Å². The number of aryl methyl sites for hydroxylation is 1. The van der Waals surface area contributed by atoms with E-state index in [0.717, 1.165) is 0 Å². The van der Waals surface area contributed by atoms with E-state index in [2.05, 4.69) is 18.8 Å². The van der Waals surface area contributed by atoms with Crippen molar-refractivity contribution in [3.63, 3.8) is 0 Å². The monoisotopic (exact) mass is 168 g/mol. The van der Waals surface area contributed by atoms with Crippen LogP contribution in [0.5, 0.6) is 0 Å². The molecule has 0 unspecified atom stereocenters. The smallest absolute Gasteiger partial charge is 0.0943 e.